The van der Waals surface area contributed by atoms with Crippen LogP contribution in [-0.4, -0.2) is 4.98 Å². The Labute approximate surface area is 92.1 Å². The second-order valence-electron chi connectivity index (χ2n) is 2.92. The Morgan fingerprint density at radius 1 is 1.33 bits per heavy atom. The van der Waals surface area contributed by atoms with E-state index in [2.05, 4.69) is 11.1 Å². The number of aromatic nitrogens is 1. The van der Waals surface area contributed by atoms with Crippen molar-refractivity contribution in [3.8, 4) is 6.07 Å². The molecule has 2 nitrogen and oxygen atoms in total. The molecule has 0 saturated carbocycles. The first-order valence-corrected chi connectivity index (χ1v) is 5.35. The molecule has 0 unspecified atom stereocenters. The van der Waals surface area contributed by atoms with Gasteiger partial charge in [-0.2, -0.15) is 5.26 Å². The highest BCUT2D eigenvalue weighted by Crippen LogP contribution is 2.19. The third-order valence-electron chi connectivity index (χ3n) is 1.89. The van der Waals surface area contributed by atoms with Crippen LogP contribution in [0.4, 0.5) is 0 Å². The van der Waals surface area contributed by atoms with E-state index in [1.54, 1.807) is 6.20 Å². The number of allylic oxidation sites excluding steroid dienone is 1. The number of nitriles is 1. The van der Waals surface area contributed by atoms with Crippen molar-refractivity contribution in [3.63, 3.8) is 0 Å². The van der Waals surface area contributed by atoms with Gasteiger partial charge in [-0.1, -0.05) is 30.3 Å². The summed E-state index contributed by atoms with van der Waals surface area (Å²) in [6.45, 7) is 0. The molecule has 2 rings (SSSR count). The minimum absolute atomic E-state index is 0.608. The molecule has 1 aromatic carbocycles. The van der Waals surface area contributed by atoms with Crippen LogP contribution in [0.1, 0.15) is 10.6 Å². The van der Waals surface area contributed by atoms with Gasteiger partial charge in [0, 0.05) is 11.6 Å². The Kier molecular flexibility index (Phi) is 2.91. The lowest BCUT2D eigenvalue weighted by Crippen LogP contribution is -1.79. The minimum atomic E-state index is 0.608. The van der Waals surface area contributed by atoms with Crippen molar-refractivity contribution in [2.45, 2.75) is 0 Å². The fourth-order valence-corrected chi connectivity index (χ4v) is 1.82. The summed E-state index contributed by atoms with van der Waals surface area (Å²) >= 11 is 1.47. The van der Waals surface area contributed by atoms with E-state index < -0.39 is 0 Å². The molecule has 1 aromatic heterocycles. The molecule has 72 valence electrons. The molecule has 0 N–H and O–H groups in total. The van der Waals surface area contributed by atoms with Crippen molar-refractivity contribution in [2.75, 3.05) is 0 Å². The number of benzene rings is 1. The second kappa shape index (κ2) is 4.54. The van der Waals surface area contributed by atoms with E-state index in [1.807, 2.05) is 41.8 Å². The lowest BCUT2D eigenvalue weighted by atomic mass is 10.1. The molecule has 3 heteroatoms. The first-order chi connectivity index (χ1) is 7.40. The molecule has 0 saturated heterocycles. The third kappa shape index (κ3) is 2.30. The molecular weight excluding hydrogens is 204 g/mol. The lowest BCUT2D eigenvalue weighted by Gasteiger charge is -1.93. The van der Waals surface area contributed by atoms with Crippen molar-refractivity contribution >= 4 is 23.0 Å². The summed E-state index contributed by atoms with van der Waals surface area (Å²) in [5.41, 5.74) is 1.63. The van der Waals surface area contributed by atoms with Gasteiger partial charge < -0.3 is 0 Å². The first-order valence-electron chi connectivity index (χ1n) is 4.47. The highest BCUT2D eigenvalue weighted by Gasteiger charge is 2.02. The maximum Gasteiger partial charge on any atom is 0.133 e. The molecule has 0 spiro atoms. The summed E-state index contributed by atoms with van der Waals surface area (Å²) in [7, 11) is 0. The summed E-state index contributed by atoms with van der Waals surface area (Å²) in [5, 5.41) is 11.6. The number of thiazole rings is 1. The van der Waals surface area contributed by atoms with Gasteiger partial charge in [-0.05, 0) is 11.6 Å². The summed E-state index contributed by atoms with van der Waals surface area (Å²) in [4.78, 5) is 4.11. The van der Waals surface area contributed by atoms with Crippen LogP contribution in [0.2, 0.25) is 0 Å². The van der Waals surface area contributed by atoms with Crippen LogP contribution in [0.25, 0.3) is 11.6 Å². The zero-order valence-corrected chi connectivity index (χ0v) is 8.74. The van der Waals surface area contributed by atoms with E-state index in [0.29, 0.717) is 5.57 Å². The Bertz CT molecular complexity index is 492. The molecule has 0 amide bonds. The molecule has 0 radical (unpaired) electrons. The first kappa shape index (κ1) is 9.63. The van der Waals surface area contributed by atoms with Gasteiger partial charge in [0.15, 0.2) is 0 Å². The smallest absolute Gasteiger partial charge is 0.133 e. The van der Waals surface area contributed by atoms with E-state index in [4.69, 9.17) is 5.26 Å². The quantitative estimate of drug-likeness (QED) is 0.717. The maximum atomic E-state index is 9.01. The van der Waals surface area contributed by atoms with Crippen LogP contribution in [0.5, 0.6) is 0 Å². The number of nitrogens with zero attached hydrogens (tertiary/aromatic N) is 2. The van der Waals surface area contributed by atoms with E-state index in [1.165, 1.54) is 11.3 Å². The molecule has 0 atom stereocenters. The second-order valence-corrected chi connectivity index (χ2v) is 3.81. The number of hydrogen-bond acceptors (Lipinski definition) is 3. The van der Waals surface area contributed by atoms with Gasteiger partial charge in [-0.15, -0.1) is 11.3 Å². The Morgan fingerprint density at radius 3 is 2.73 bits per heavy atom. The van der Waals surface area contributed by atoms with Gasteiger partial charge in [0.05, 0.1) is 5.57 Å². The molecule has 2 aromatic rings. The molecule has 0 bridgehead atoms. The summed E-state index contributed by atoms with van der Waals surface area (Å²) in [6, 6.07) is 11.9. The molecule has 0 fully saturated rings. The maximum absolute atomic E-state index is 9.01. The lowest BCUT2D eigenvalue weighted by molar-refractivity contribution is 1.38. The average molecular weight is 212 g/mol. The monoisotopic (exact) mass is 212 g/mol. The third-order valence-corrected chi connectivity index (χ3v) is 2.70. The van der Waals surface area contributed by atoms with Gasteiger partial charge in [-0.25, -0.2) is 4.98 Å². The van der Waals surface area contributed by atoms with Crippen molar-refractivity contribution < 1.29 is 0 Å². The molecule has 1 heterocycles. The highest BCUT2D eigenvalue weighted by molar-refractivity contribution is 7.10. The Balaban J connectivity index is 2.37. The molecule has 0 aliphatic heterocycles. The zero-order valence-electron chi connectivity index (χ0n) is 7.92. The average Bonchev–Trinajstić information content (AvgIpc) is 2.81. The van der Waals surface area contributed by atoms with Gasteiger partial charge in [0.2, 0.25) is 0 Å². The minimum Gasteiger partial charge on any atom is -0.244 e. The van der Waals surface area contributed by atoms with Gasteiger partial charge in [-0.3, -0.25) is 0 Å². The van der Waals surface area contributed by atoms with E-state index in [9.17, 15) is 0 Å². The summed E-state index contributed by atoms with van der Waals surface area (Å²) < 4.78 is 0. The van der Waals surface area contributed by atoms with Crippen LogP contribution in [0.3, 0.4) is 0 Å². The van der Waals surface area contributed by atoms with E-state index in [0.717, 1.165) is 10.6 Å². The van der Waals surface area contributed by atoms with Crippen molar-refractivity contribution in [1.82, 2.24) is 4.98 Å². The standard InChI is InChI=1S/C12H8N2S/c13-9-11(12-14-6-7-15-12)8-10-4-2-1-3-5-10/h1-8H/b11-8+. The van der Waals surface area contributed by atoms with Crippen LogP contribution in [0, 0.1) is 11.3 Å². The predicted octanol–water partition coefficient (Wildman–Crippen LogP) is 3.21. The SMILES string of the molecule is N#C/C(=C\c1ccccc1)c1nccs1. The molecule has 0 aliphatic carbocycles. The largest absolute Gasteiger partial charge is 0.244 e. The number of rotatable bonds is 2. The van der Waals surface area contributed by atoms with Crippen LogP contribution >= 0.6 is 11.3 Å². The summed E-state index contributed by atoms with van der Waals surface area (Å²) in [5.74, 6) is 0. The normalized spacial score (nSPS) is 11.0. The fourth-order valence-electron chi connectivity index (χ4n) is 1.21. The van der Waals surface area contributed by atoms with Gasteiger partial charge in [0.25, 0.3) is 0 Å². The van der Waals surface area contributed by atoms with Crippen molar-refractivity contribution in [1.29, 1.82) is 5.26 Å². The highest BCUT2D eigenvalue weighted by atomic mass is 32.1. The molecule has 0 aliphatic rings. The molecular formula is C12H8N2S. The van der Waals surface area contributed by atoms with Crippen molar-refractivity contribution in [3.05, 3.63) is 52.5 Å². The number of hydrogen-bond donors (Lipinski definition) is 0. The Hall–Kier alpha value is -1.92. The Morgan fingerprint density at radius 2 is 2.13 bits per heavy atom. The van der Waals surface area contributed by atoms with E-state index in [-0.39, 0.29) is 0 Å². The van der Waals surface area contributed by atoms with Gasteiger partial charge in [0.1, 0.15) is 11.1 Å². The van der Waals surface area contributed by atoms with Crippen LogP contribution in [0.15, 0.2) is 41.9 Å². The van der Waals surface area contributed by atoms with Crippen molar-refractivity contribution in [2.24, 2.45) is 0 Å². The molecule has 15 heavy (non-hydrogen) atoms. The van der Waals surface area contributed by atoms with E-state index >= 15 is 0 Å². The topological polar surface area (TPSA) is 36.7 Å². The summed E-state index contributed by atoms with van der Waals surface area (Å²) in [6.07, 6.45) is 3.55. The van der Waals surface area contributed by atoms with Crippen LogP contribution < -0.4 is 0 Å². The predicted molar refractivity (Wildman–Crippen MR) is 62.0 cm³/mol. The van der Waals surface area contributed by atoms with Gasteiger partial charge >= 0.3 is 0 Å². The van der Waals surface area contributed by atoms with Crippen LogP contribution in [-0.2, 0) is 0 Å². The zero-order chi connectivity index (χ0) is 10.5. The fraction of sp³-hybridized carbons (Fsp3) is 0.